The smallest absolute Gasteiger partial charge is 0.103 e. The minimum Gasteiger partial charge on any atom is -0.386 e. The third-order valence-corrected chi connectivity index (χ3v) is 4.63. The molecule has 0 aliphatic carbocycles. The van der Waals surface area contributed by atoms with Gasteiger partial charge in [0.15, 0.2) is 0 Å². The zero-order chi connectivity index (χ0) is 11.5. The van der Waals surface area contributed by atoms with Crippen LogP contribution in [0.5, 0.6) is 0 Å². The Morgan fingerprint density at radius 2 is 2.38 bits per heavy atom. The molecule has 0 amide bonds. The first-order chi connectivity index (χ1) is 7.70. The van der Waals surface area contributed by atoms with Gasteiger partial charge in [-0.3, -0.25) is 0 Å². The first-order valence-electron chi connectivity index (χ1n) is 6.18. The van der Waals surface area contributed by atoms with Crippen molar-refractivity contribution in [3.8, 4) is 0 Å². The Hall–Kier alpha value is -0.380. The van der Waals surface area contributed by atoms with Crippen molar-refractivity contribution >= 4 is 11.3 Å². The maximum absolute atomic E-state index is 10.3. The molecular formula is C13H21NOS. The molecule has 3 unspecified atom stereocenters. The van der Waals surface area contributed by atoms with Crippen LogP contribution >= 0.6 is 11.3 Å². The van der Waals surface area contributed by atoms with Gasteiger partial charge in [0.2, 0.25) is 0 Å². The second-order valence-electron chi connectivity index (χ2n) is 4.75. The summed E-state index contributed by atoms with van der Waals surface area (Å²) >= 11 is 1.71. The number of piperidine rings is 1. The summed E-state index contributed by atoms with van der Waals surface area (Å²) < 4.78 is 0. The van der Waals surface area contributed by atoms with Gasteiger partial charge in [-0.05, 0) is 44.4 Å². The van der Waals surface area contributed by atoms with Crippen LogP contribution in [0.3, 0.4) is 0 Å². The Morgan fingerprint density at radius 3 is 3.00 bits per heavy atom. The van der Waals surface area contributed by atoms with Gasteiger partial charge in [0, 0.05) is 15.8 Å². The molecule has 0 radical (unpaired) electrons. The summed E-state index contributed by atoms with van der Waals surface area (Å²) in [4.78, 5) is 2.38. The summed E-state index contributed by atoms with van der Waals surface area (Å²) in [6, 6.07) is 4.39. The maximum Gasteiger partial charge on any atom is 0.103 e. The van der Waals surface area contributed by atoms with Gasteiger partial charge in [-0.25, -0.2) is 0 Å². The van der Waals surface area contributed by atoms with Crippen molar-refractivity contribution in [2.75, 3.05) is 6.54 Å². The molecule has 0 spiro atoms. The predicted molar refractivity (Wildman–Crippen MR) is 68.8 cm³/mol. The molecule has 1 aliphatic rings. The molecule has 2 nitrogen and oxygen atoms in total. The van der Waals surface area contributed by atoms with E-state index in [1.165, 1.54) is 17.7 Å². The van der Waals surface area contributed by atoms with Gasteiger partial charge in [0.05, 0.1) is 0 Å². The lowest BCUT2D eigenvalue weighted by Crippen LogP contribution is -2.41. The van der Waals surface area contributed by atoms with Crippen LogP contribution in [0.15, 0.2) is 12.1 Å². The fourth-order valence-corrected chi connectivity index (χ4v) is 3.38. The van der Waals surface area contributed by atoms with Gasteiger partial charge in [-0.15, -0.1) is 11.3 Å². The maximum atomic E-state index is 10.3. The van der Waals surface area contributed by atoms with Crippen LogP contribution in [-0.4, -0.2) is 17.7 Å². The van der Waals surface area contributed by atoms with E-state index in [4.69, 9.17) is 0 Å². The van der Waals surface area contributed by atoms with Crippen molar-refractivity contribution in [3.05, 3.63) is 21.9 Å². The first-order valence-corrected chi connectivity index (χ1v) is 7.00. The molecule has 2 rings (SSSR count). The Morgan fingerprint density at radius 1 is 1.56 bits per heavy atom. The molecule has 1 aromatic heterocycles. The summed E-state index contributed by atoms with van der Waals surface area (Å²) in [6.45, 7) is 5.38. The lowest BCUT2D eigenvalue weighted by Gasteiger charge is -2.32. The summed E-state index contributed by atoms with van der Waals surface area (Å²) in [5.74, 6) is 0.780. The van der Waals surface area contributed by atoms with Crippen LogP contribution in [0.1, 0.15) is 42.0 Å². The van der Waals surface area contributed by atoms with E-state index in [2.05, 4.69) is 31.3 Å². The van der Waals surface area contributed by atoms with Gasteiger partial charge < -0.3 is 10.4 Å². The normalized spacial score (nSPS) is 27.9. The Bertz CT molecular complexity index is 336. The van der Waals surface area contributed by atoms with E-state index in [9.17, 15) is 5.11 Å². The largest absolute Gasteiger partial charge is 0.386 e. The van der Waals surface area contributed by atoms with E-state index in [-0.39, 0.29) is 12.1 Å². The van der Waals surface area contributed by atoms with E-state index in [1.807, 2.05) is 0 Å². The average Bonchev–Trinajstić information content (AvgIpc) is 2.75. The topological polar surface area (TPSA) is 32.3 Å². The van der Waals surface area contributed by atoms with Gasteiger partial charge in [0.25, 0.3) is 0 Å². The molecular weight excluding hydrogens is 218 g/mol. The number of hydrogen-bond acceptors (Lipinski definition) is 3. The third-order valence-electron chi connectivity index (χ3n) is 3.56. The number of nitrogens with one attached hydrogen (secondary N) is 1. The van der Waals surface area contributed by atoms with E-state index >= 15 is 0 Å². The van der Waals surface area contributed by atoms with Crippen LogP contribution in [0.25, 0.3) is 0 Å². The average molecular weight is 239 g/mol. The van der Waals surface area contributed by atoms with Crippen molar-refractivity contribution in [1.29, 1.82) is 0 Å². The Balaban J connectivity index is 2.01. The molecule has 3 heteroatoms. The van der Waals surface area contributed by atoms with Crippen LogP contribution in [0, 0.1) is 12.8 Å². The Labute approximate surface area is 102 Å². The molecule has 3 atom stereocenters. The van der Waals surface area contributed by atoms with Crippen LogP contribution in [0.2, 0.25) is 0 Å². The molecule has 1 aliphatic heterocycles. The van der Waals surface area contributed by atoms with Crippen molar-refractivity contribution < 1.29 is 5.11 Å². The fraction of sp³-hybridized carbons (Fsp3) is 0.692. The van der Waals surface area contributed by atoms with Gasteiger partial charge in [-0.2, -0.15) is 0 Å². The monoisotopic (exact) mass is 239 g/mol. The van der Waals surface area contributed by atoms with Crippen molar-refractivity contribution in [1.82, 2.24) is 5.32 Å². The molecule has 1 saturated heterocycles. The zero-order valence-corrected chi connectivity index (χ0v) is 10.9. The zero-order valence-electron chi connectivity index (χ0n) is 10.1. The number of aliphatic hydroxyl groups is 1. The number of rotatable bonds is 3. The van der Waals surface area contributed by atoms with E-state index in [0.29, 0.717) is 0 Å². The standard InChI is InChI=1S/C13H21NOS/c1-3-10-6-7-14-11(8-10)13(15)12-5-4-9(2)16-12/h4-5,10-11,13-15H,3,6-8H2,1-2H3. The fourth-order valence-electron chi connectivity index (χ4n) is 2.46. The lowest BCUT2D eigenvalue weighted by molar-refractivity contribution is 0.101. The minimum absolute atomic E-state index is 0.247. The molecule has 2 heterocycles. The molecule has 1 aromatic rings. The van der Waals surface area contributed by atoms with Crippen molar-refractivity contribution in [2.45, 2.75) is 45.3 Å². The second-order valence-corrected chi connectivity index (χ2v) is 6.07. The molecule has 16 heavy (non-hydrogen) atoms. The van der Waals surface area contributed by atoms with E-state index in [0.717, 1.165) is 23.8 Å². The van der Waals surface area contributed by atoms with Gasteiger partial charge >= 0.3 is 0 Å². The number of hydrogen-bond donors (Lipinski definition) is 2. The summed E-state index contributed by atoms with van der Waals surface area (Å²) in [5, 5.41) is 13.8. The third kappa shape index (κ3) is 2.65. The summed E-state index contributed by atoms with van der Waals surface area (Å²) in [5.41, 5.74) is 0. The molecule has 0 bridgehead atoms. The highest BCUT2D eigenvalue weighted by molar-refractivity contribution is 7.12. The van der Waals surface area contributed by atoms with Crippen molar-refractivity contribution in [2.24, 2.45) is 5.92 Å². The summed E-state index contributed by atoms with van der Waals surface area (Å²) in [6.07, 6.45) is 3.26. The Kier molecular flexibility index (Phi) is 4.00. The lowest BCUT2D eigenvalue weighted by atomic mass is 9.88. The second kappa shape index (κ2) is 5.30. The highest BCUT2D eigenvalue weighted by atomic mass is 32.1. The van der Waals surface area contributed by atoms with Gasteiger partial charge in [0.1, 0.15) is 6.10 Å². The number of thiophene rings is 1. The molecule has 2 N–H and O–H groups in total. The minimum atomic E-state index is -0.326. The first kappa shape index (κ1) is 12.1. The molecule has 0 aromatic carbocycles. The van der Waals surface area contributed by atoms with E-state index < -0.39 is 0 Å². The molecule has 90 valence electrons. The number of aliphatic hydroxyl groups excluding tert-OH is 1. The SMILES string of the molecule is CCC1CCNC(C(O)c2ccc(C)s2)C1. The molecule has 0 saturated carbocycles. The number of aryl methyl sites for hydroxylation is 1. The van der Waals surface area contributed by atoms with Crippen molar-refractivity contribution in [3.63, 3.8) is 0 Å². The molecule has 1 fully saturated rings. The summed E-state index contributed by atoms with van der Waals surface area (Å²) in [7, 11) is 0. The quantitative estimate of drug-likeness (QED) is 0.850. The van der Waals surface area contributed by atoms with E-state index in [1.54, 1.807) is 11.3 Å². The van der Waals surface area contributed by atoms with Crippen LogP contribution in [0.4, 0.5) is 0 Å². The predicted octanol–water partition coefficient (Wildman–Crippen LogP) is 2.87. The highest BCUT2D eigenvalue weighted by Crippen LogP contribution is 2.30. The van der Waals surface area contributed by atoms with Crippen LogP contribution < -0.4 is 5.32 Å². The van der Waals surface area contributed by atoms with Crippen LogP contribution in [-0.2, 0) is 0 Å². The van der Waals surface area contributed by atoms with Gasteiger partial charge in [-0.1, -0.05) is 13.3 Å². The highest BCUT2D eigenvalue weighted by Gasteiger charge is 2.27.